The molecule has 6 aromatic rings. The average Bonchev–Trinajstić information content (AvgIpc) is 3.90. The van der Waals surface area contributed by atoms with Crippen LogP contribution < -0.4 is 5.46 Å². The number of fused-ring (bicyclic) bond motifs is 2. The van der Waals surface area contributed by atoms with Crippen molar-refractivity contribution in [3.05, 3.63) is 156 Å². The molecular weight excluding hydrogens is 779 g/mol. The summed E-state index contributed by atoms with van der Waals surface area (Å²) in [6, 6.07) is 41.5. The minimum Gasteiger partial charge on any atom is -0.455 e. The molecule has 2 heterocycles. The molecule has 1 aliphatic rings. The van der Waals surface area contributed by atoms with Crippen LogP contribution in [-0.2, 0) is 71.8 Å². The van der Waals surface area contributed by atoms with Gasteiger partial charge in [0, 0.05) is 75.9 Å². The first kappa shape index (κ1) is 48.4. The Morgan fingerprint density at radius 2 is 1.14 bits per heavy atom. The van der Waals surface area contributed by atoms with E-state index in [-0.39, 0.29) is 65.4 Å². The Labute approximate surface area is 365 Å². The Bertz CT molecular complexity index is 1730. The van der Waals surface area contributed by atoms with E-state index in [1.165, 1.54) is 44.5 Å². The Balaban J connectivity index is -0.000000292. The van der Waals surface area contributed by atoms with Crippen molar-refractivity contribution < 1.29 is 79.6 Å². The number of imidazole rings is 1. The smallest absolute Gasteiger partial charge is 0.455 e. The van der Waals surface area contributed by atoms with Gasteiger partial charge in [0.15, 0.2) is 0 Å². The van der Waals surface area contributed by atoms with E-state index in [0.717, 1.165) is 28.8 Å². The maximum atomic E-state index is 8.58. The molecule has 0 spiro atoms. The van der Waals surface area contributed by atoms with Crippen LogP contribution in [0.4, 0.5) is 5.69 Å². The third kappa shape index (κ3) is 18.7. The average molecular weight is 844 g/mol. The zero-order valence-electron chi connectivity index (χ0n) is 35.3. The van der Waals surface area contributed by atoms with Crippen molar-refractivity contribution in [2.75, 3.05) is 0 Å². The van der Waals surface area contributed by atoms with E-state index < -0.39 is 7.12 Å². The van der Waals surface area contributed by atoms with Crippen molar-refractivity contribution in [2.45, 2.75) is 77.1 Å². The summed E-state index contributed by atoms with van der Waals surface area (Å²) in [5.74, 6) is 0. The summed E-state index contributed by atoms with van der Waals surface area (Å²) in [7, 11) is 2.41. The number of aliphatic imine (C=N–C) groups is 1. The molecule has 1 aliphatic heterocycles. The van der Waals surface area contributed by atoms with Crippen LogP contribution in [0.25, 0.3) is 16.7 Å². The van der Waals surface area contributed by atoms with Gasteiger partial charge in [0.25, 0.3) is 0 Å². The molecule has 5 aromatic carbocycles. The second-order valence-electron chi connectivity index (χ2n) is 9.79. The maximum absolute atomic E-state index is 8.58. The van der Waals surface area contributed by atoms with E-state index >= 15 is 0 Å². The fraction of sp³-hybridized carbons (Fsp3) is 0.256. The van der Waals surface area contributed by atoms with Crippen molar-refractivity contribution in [2.24, 2.45) is 4.99 Å². The van der Waals surface area contributed by atoms with Crippen LogP contribution in [-0.4, -0.2) is 32.9 Å². The fourth-order valence-electron chi connectivity index (χ4n) is 4.28. The van der Waals surface area contributed by atoms with Crippen LogP contribution in [0.1, 0.15) is 76.3 Å². The summed E-state index contributed by atoms with van der Waals surface area (Å²) < 4.78 is 19.2. The number of hydrogen-bond acceptors (Lipinski definition) is 4. The van der Waals surface area contributed by atoms with Gasteiger partial charge in [0.1, 0.15) is 0 Å². The molecule has 0 unspecified atom stereocenters. The van der Waals surface area contributed by atoms with Crippen molar-refractivity contribution in [1.82, 2.24) is 9.55 Å². The van der Waals surface area contributed by atoms with Crippen LogP contribution in [0, 0.1) is 27.1 Å². The molecule has 0 amide bonds. The topological polar surface area (TPSA) is 70.6 Å². The molecular formula is C43H58BN3O2Y2-2. The molecule has 5 nitrogen and oxygen atoms in total. The maximum Gasteiger partial charge on any atom is 0.488 e. The molecule has 0 atom stereocenters. The van der Waals surface area contributed by atoms with Crippen LogP contribution >= 0.6 is 0 Å². The quantitative estimate of drug-likeness (QED) is 0.135. The molecule has 0 bridgehead atoms. The summed E-state index contributed by atoms with van der Waals surface area (Å²) in [4.78, 5) is 8.48. The molecule has 2 radical (unpaired) electrons. The van der Waals surface area contributed by atoms with Gasteiger partial charge in [0.2, 0.25) is 0 Å². The standard InChI is InChI=1S/C14H11N2.C9H8N.C7H8.C6H7BO2.2C2H6.3CH4.2Y/c1-11-6-5-9-13-14(11)15-10-16(13)12-7-3-2-4-8-12;1-7-3-2-4-8-5-6-10-9(7)8;1-7-5-3-2-4-6-7;8-7(9)6-4-2-1-3-5-6;2*1-2;;;;;/h2-9H,1H3;2-4H,5H2,1H3;2-6H,1H3;1-5,8-9H;2*1-2H3;3*1H4;;/q2*-1;;;;;;;;;/i;;;;;;3*1T;;. The predicted molar refractivity (Wildman–Crippen MR) is 217 cm³/mol. The monoisotopic (exact) mass is 843 g/mol. The Morgan fingerprint density at radius 1 is 0.647 bits per heavy atom. The van der Waals surface area contributed by atoms with Crippen LogP contribution in [0.5, 0.6) is 0 Å². The van der Waals surface area contributed by atoms with Crippen LogP contribution in [0.15, 0.2) is 132 Å². The first-order chi connectivity index (χ1) is 25.4. The summed E-state index contributed by atoms with van der Waals surface area (Å²) in [6.45, 7) is 14.2. The molecule has 268 valence electrons. The zero-order chi connectivity index (χ0) is 39.7. The van der Waals surface area contributed by atoms with E-state index in [0.29, 0.717) is 5.46 Å². The molecule has 1 aromatic heterocycles. The van der Waals surface area contributed by atoms with Gasteiger partial charge >= 0.3 is 7.12 Å². The molecule has 2 N–H and O–H groups in total. The van der Waals surface area contributed by atoms with E-state index in [9.17, 15) is 0 Å². The third-order valence-corrected chi connectivity index (χ3v) is 6.55. The Morgan fingerprint density at radius 3 is 1.61 bits per heavy atom. The summed E-state index contributed by atoms with van der Waals surface area (Å²) >= 11 is 0. The first-order valence-electron chi connectivity index (χ1n) is 18.8. The second-order valence-corrected chi connectivity index (χ2v) is 9.79. The van der Waals surface area contributed by atoms with Crippen molar-refractivity contribution in [3.8, 4) is 5.69 Å². The molecule has 0 saturated carbocycles. The van der Waals surface area contributed by atoms with Crippen molar-refractivity contribution in [1.29, 1.82) is 0 Å². The normalized spacial score (nSPS) is 9.53. The minimum atomic E-state index is -1.34. The zero-order valence-corrected chi connectivity index (χ0v) is 38.0. The molecule has 7 rings (SSSR count). The van der Waals surface area contributed by atoms with Crippen molar-refractivity contribution in [3.63, 3.8) is 0 Å². The van der Waals surface area contributed by atoms with Gasteiger partial charge in [-0.2, -0.15) is 6.21 Å². The fourth-order valence-corrected chi connectivity index (χ4v) is 4.28. The van der Waals surface area contributed by atoms with E-state index in [1.54, 1.807) is 24.3 Å². The number of rotatable bonds is 2. The molecule has 0 saturated heterocycles. The summed E-state index contributed by atoms with van der Waals surface area (Å²) in [5.41, 5.74) is 9.93. The van der Waals surface area contributed by atoms with Gasteiger partial charge in [-0.05, 0) is 30.5 Å². The number of benzene rings is 5. The van der Waals surface area contributed by atoms with Gasteiger partial charge in [-0.3, -0.25) is 0 Å². The predicted octanol–water partition coefficient (Wildman–Crippen LogP) is 10.6. The molecule has 51 heavy (non-hydrogen) atoms. The van der Waals surface area contributed by atoms with Crippen LogP contribution in [0.3, 0.4) is 0 Å². The van der Waals surface area contributed by atoms with Gasteiger partial charge in [-0.25, -0.2) is 0 Å². The van der Waals surface area contributed by atoms with E-state index in [4.69, 9.17) is 14.2 Å². The number of para-hydroxylation sites is 3. The molecule has 0 fully saturated rings. The van der Waals surface area contributed by atoms with Gasteiger partial charge in [0.05, 0.1) is 0 Å². The second kappa shape index (κ2) is 32.1. The van der Waals surface area contributed by atoms with Gasteiger partial charge in [-0.15, -0.1) is 11.1 Å². The molecule has 0 aliphatic carbocycles. The van der Waals surface area contributed by atoms with Crippen molar-refractivity contribution >= 4 is 35.5 Å². The number of aryl methyl sites for hydroxylation is 3. The number of aromatic nitrogens is 2. The van der Waals surface area contributed by atoms with Crippen LogP contribution in [0.2, 0.25) is 0 Å². The van der Waals surface area contributed by atoms with E-state index in [1.807, 2.05) is 80.8 Å². The van der Waals surface area contributed by atoms with E-state index in [2.05, 4.69) is 97.9 Å². The summed E-state index contributed by atoms with van der Waals surface area (Å²) in [6.07, 6.45) is 6.88. The largest absolute Gasteiger partial charge is 0.488 e. The van der Waals surface area contributed by atoms with Gasteiger partial charge in [-0.1, -0.05) is 213 Å². The number of hydrogen-bond donors (Lipinski definition) is 2. The minimum absolute atomic E-state index is 0. The SMILES string of the molecule is CC.CC.Cc1cccc2c1N=[C-]C2.Cc1cccc2c1n[c-]n2-c1ccccc1.Cc1ccccc1.OB(O)c1ccccc1.[3H]C.[3H]C.[3H]C.[Y].[Y]. The number of nitrogens with zero attached hydrogens (tertiary/aromatic N) is 3. The third-order valence-electron chi connectivity index (χ3n) is 6.55. The summed E-state index contributed by atoms with van der Waals surface area (Å²) in [5, 5.41) is 17.2. The Hall–Kier alpha value is -2.57. The Kier molecular flexibility index (Phi) is 30.5. The van der Waals surface area contributed by atoms with Gasteiger partial charge < -0.3 is 24.6 Å². The molecule has 8 heteroatoms. The first-order valence-corrected chi connectivity index (χ1v) is 15.8.